The zero-order chi connectivity index (χ0) is 19.7. The molecule has 4 rings (SSSR count). The lowest BCUT2D eigenvalue weighted by molar-refractivity contribution is 0.408. The van der Waals surface area contributed by atoms with Gasteiger partial charge in [0.25, 0.3) is 5.56 Å². The van der Waals surface area contributed by atoms with E-state index < -0.39 is 11.2 Å². The van der Waals surface area contributed by atoms with Crippen molar-refractivity contribution in [2.75, 3.05) is 0 Å². The van der Waals surface area contributed by atoms with Gasteiger partial charge in [0.1, 0.15) is 5.56 Å². The fourth-order valence-electron chi connectivity index (χ4n) is 3.22. The topological polar surface area (TPSA) is 99.5 Å². The molecular formula is C20H17BrN4O3. The molecule has 1 aliphatic heterocycles. The van der Waals surface area contributed by atoms with Gasteiger partial charge in [-0.1, -0.05) is 58.4 Å². The van der Waals surface area contributed by atoms with E-state index >= 15 is 0 Å². The van der Waals surface area contributed by atoms with E-state index in [1.807, 2.05) is 54.6 Å². The van der Waals surface area contributed by atoms with Crippen molar-refractivity contribution in [2.24, 2.45) is 5.10 Å². The molecule has 0 unspecified atom stereocenters. The minimum Gasteiger partial charge on any atom is -0.494 e. The second-order valence-corrected chi connectivity index (χ2v) is 7.44. The van der Waals surface area contributed by atoms with Crippen LogP contribution >= 0.6 is 15.9 Å². The normalized spacial score (nSPS) is 15.9. The molecule has 0 aliphatic carbocycles. The van der Waals surface area contributed by atoms with Crippen LogP contribution in [0, 0.1) is 0 Å². The van der Waals surface area contributed by atoms with Crippen LogP contribution in [0.1, 0.15) is 29.2 Å². The molecule has 1 atom stereocenters. The third-order valence-electron chi connectivity index (χ3n) is 4.67. The van der Waals surface area contributed by atoms with Crippen molar-refractivity contribution in [2.45, 2.75) is 19.0 Å². The number of hydrazone groups is 1. The monoisotopic (exact) mass is 440 g/mol. The van der Waals surface area contributed by atoms with Gasteiger partial charge in [0.15, 0.2) is 0 Å². The number of benzene rings is 2. The van der Waals surface area contributed by atoms with Crippen LogP contribution in [0.4, 0.5) is 0 Å². The number of aromatic nitrogens is 2. The van der Waals surface area contributed by atoms with Gasteiger partial charge in [-0.25, -0.2) is 4.79 Å². The molecule has 1 aromatic heterocycles. The number of aromatic amines is 1. The number of nitrogens with one attached hydrogen (secondary N) is 2. The molecule has 7 nitrogen and oxygen atoms in total. The molecular weight excluding hydrogens is 424 g/mol. The molecule has 142 valence electrons. The number of aromatic hydroxyl groups is 1. The van der Waals surface area contributed by atoms with Crippen molar-refractivity contribution in [1.29, 1.82) is 0 Å². The molecule has 0 amide bonds. The van der Waals surface area contributed by atoms with E-state index in [4.69, 9.17) is 0 Å². The quantitative estimate of drug-likeness (QED) is 0.580. The molecule has 0 bridgehead atoms. The SMILES string of the molecule is O=c1[nH]c(=O)n(Cc2ccccc2)c(O)c1C1=NN[C@H](c2ccc(Br)cc2)C1. The molecule has 0 radical (unpaired) electrons. The number of hydrogen-bond acceptors (Lipinski definition) is 5. The zero-order valence-electron chi connectivity index (χ0n) is 14.7. The van der Waals surface area contributed by atoms with Crippen LogP contribution in [0.2, 0.25) is 0 Å². The molecule has 0 spiro atoms. The van der Waals surface area contributed by atoms with Gasteiger partial charge in [-0.2, -0.15) is 5.10 Å². The number of hydrogen-bond donors (Lipinski definition) is 3. The van der Waals surface area contributed by atoms with E-state index in [9.17, 15) is 14.7 Å². The highest BCUT2D eigenvalue weighted by atomic mass is 79.9. The lowest BCUT2D eigenvalue weighted by Crippen LogP contribution is -2.34. The smallest absolute Gasteiger partial charge is 0.331 e. The zero-order valence-corrected chi connectivity index (χ0v) is 16.3. The Hall–Kier alpha value is -3.13. The van der Waals surface area contributed by atoms with E-state index in [1.54, 1.807) is 0 Å². The van der Waals surface area contributed by atoms with Gasteiger partial charge in [-0.3, -0.25) is 14.3 Å². The summed E-state index contributed by atoms with van der Waals surface area (Å²) in [5.41, 5.74) is 3.96. The van der Waals surface area contributed by atoms with Gasteiger partial charge in [0, 0.05) is 10.9 Å². The van der Waals surface area contributed by atoms with Crippen molar-refractivity contribution in [3.63, 3.8) is 0 Å². The Bertz CT molecular complexity index is 1150. The largest absolute Gasteiger partial charge is 0.494 e. The maximum absolute atomic E-state index is 12.4. The lowest BCUT2D eigenvalue weighted by Gasteiger charge is -2.12. The summed E-state index contributed by atoms with van der Waals surface area (Å²) >= 11 is 3.40. The van der Waals surface area contributed by atoms with Crippen LogP contribution < -0.4 is 16.7 Å². The van der Waals surface area contributed by atoms with Crippen LogP contribution in [-0.2, 0) is 6.54 Å². The van der Waals surface area contributed by atoms with Gasteiger partial charge in [-0.05, 0) is 23.3 Å². The van der Waals surface area contributed by atoms with Crippen LogP contribution in [-0.4, -0.2) is 20.4 Å². The summed E-state index contributed by atoms with van der Waals surface area (Å²) in [5, 5.41) is 14.9. The van der Waals surface area contributed by atoms with Gasteiger partial charge < -0.3 is 10.5 Å². The number of H-pyrrole nitrogens is 1. The van der Waals surface area contributed by atoms with Gasteiger partial charge in [-0.15, -0.1) is 0 Å². The molecule has 8 heteroatoms. The molecule has 0 fully saturated rings. The second-order valence-electron chi connectivity index (χ2n) is 6.53. The first-order valence-corrected chi connectivity index (χ1v) is 9.50. The minimum atomic E-state index is -0.661. The first kappa shape index (κ1) is 18.2. The van der Waals surface area contributed by atoms with E-state index in [2.05, 4.69) is 31.4 Å². The van der Waals surface area contributed by atoms with Gasteiger partial charge in [0.2, 0.25) is 5.88 Å². The summed E-state index contributed by atoms with van der Waals surface area (Å²) in [6.07, 6.45) is 0.418. The number of halogens is 1. The summed E-state index contributed by atoms with van der Waals surface area (Å²) in [4.78, 5) is 26.9. The van der Waals surface area contributed by atoms with Gasteiger partial charge >= 0.3 is 5.69 Å². The van der Waals surface area contributed by atoms with Crippen molar-refractivity contribution in [3.05, 3.63) is 96.6 Å². The Morgan fingerprint density at radius 1 is 1.11 bits per heavy atom. The Morgan fingerprint density at radius 2 is 1.82 bits per heavy atom. The first-order valence-electron chi connectivity index (χ1n) is 8.71. The van der Waals surface area contributed by atoms with Gasteiger partial charge in [0.05, 0.1) is 18.3 Å². The first-order chi connectivity index (χ1) is 13.5. The maximum atomic E-state index is 12.4. The minimum absolute atomic E-state index is 0.0163. The maximum Gasteiger partial charge on any atom is 0.331 e. The lowest BCUT2D eigenvalue weighted by atomic mass is 10.00. The summed E-state index contributed by atoms with van der Waals surface area (Å²) < 4.78 is 2.11. The van der Waals surface area contributed by atoms with Crippen molar-refractivity contribution in [3.8, 4) is 5.88 Å². The Labute approximate surface area is 168 Å². The predicted octanol–water partition coefficient (Wildman–Crippen LogP) is 2.49. The molecule has 28 heavy (non-hydrogen) atoms. The standard InChI is InChI=1S/C20H17BrN4O3/c21-14-8-6-13(7-9-14)15-10-16(24-23-15)17-18(26)22-20(28)25(19(17)27)11-12-4-2-1-3-5-12/h1-9,15,23,27H,10-11H2,(H,22,26,28)/t15-/m0/s1. The van der Waals surface area contributed by atoms with E-state index in [-0.39, 0.29) is 24.0 Å². The van der Waals surface area contributed by atoms with Crippen LogP contribution in [0.3, 0.4) is 0 Å². The van der Waals surface area contributed by atoms with Crippen LogP contribution in [0.5, 0.6) is 5.88 Å². The highest BCUT2D eigenvalue weighted by molar-refractivity contribution is 9.10. The highest BCUT2D eigenvalue weighted by Crippen LogP contribution is 2.27. The molecule has 1 aliphatic rings. The van der Waals surface area contributed by atoms with E-state index in [0.29, 0.717) is 12.1 Å². The average molecular weight is 441 g/mol. The summed E-state index contributed by atoms with van der Waals surface area (Å²) in [6.45, 7) is 0.145. The number of nitrogens with zero attached hydrogens (tertiary/aromatic N) is 2. The second kappa shape index (κ2) is 7.47. The highest BCUT2D eigenvalue weighted by Gasteiger charge is 2.27. The van der Waals surface area contributed by atoms with Crippen LogP contribution in [0.15, 0.2) is 73.8 Å². The molecule has 3 N–H and O–H groups in total. The van der Waals surface area contributed by atoms with E-state index in [0.717, 1.165) is 20.2 Å². The number of rotatable bonds is 4. The third kappa shape index (κ3) is 3.50. The molecule has 0 saturated heterocycles. The molecule has 3 aromatic rings. The van der Waals surface area contributed by atoms with Crippen molar-refractivity contribution in [1.82, 2.24) is 15.0 Å². The predicted molar refractivity (Wildman–Crippen MR) is 110 cm³/mol. The summed E-state index contributed by atoms with van der Waals surface area (Å²) in [7, 11) is 0. The molecule has 0 saturated carbocycles. The summed E-state index contributed by atoms with van der Waals surface area (Å²) in [5.74, 6) is -0.380. The fraction of sp³-hybridized carbons (Fsp3) is 0.150. The summed E-state index contributed by atoms with van der Waals surface area (Å²) in [6, 6.07) is 16.9. The molecule has 2 heterocycles. The van der Waals surface area contributed by atoms with Crippen LogP contribution in [0.25, 0.3) is 0 Å². The fourth-order valence-corrected chi connectivity index (χ4v) is 3.48. The Morgan fingerprint density at radius 3 is 2.54 bits per heavy atom. The van der Waals surface area contributed by atoms with E-state index in [1.165, 1.54) is 0 Å². The molecule has 2 aromatic carbocycles. The Kier molecular flexibility index (Phi) is 4.87. The third-order valence-corrected chi connectivity index (χ3v) is 5.20. The van der Waals surface area contributed by atoms with Crippen molar-refractivity contribution < 1.29 is 5.11 Å². The van der Waals surface area contributed by atoms with Crippen molar-refractivity contribution >= 4 is 21.6 Å². The average Bonchev–Trinajstić information content (AvgIpc) is 3.16. The Balaban J connectivity index is 1.66.